The number of carbonyl (C=O) groups excluding carboxylic acids is 3. The third-order valence-electron chi connectivity index (χ3n) is 7.51. The van der Waals surface area contributed by atoms with E-state index in [-0.39, 0.29) is 30.3 Å². The average Bonchev–Trinajstić information content (AvgIpc) is 3.55. The van der Waals surface area contributed by atoms with Crippen molar-refractivity contribution in [3.05, 3.63) is 71.4 Å². The molecule has 6 rings (SSSR count). The van der Waals surface area contributed by atoms with Crippen molar-refractivity contribution in [1.82, 2.24) is 20.1 Å². The molecule has 0 radical (unpaired) electrons. The second-order valence-corrected chi connectivity index (χ2v) is 9.60. The van der Waals surface area contributed by atoms with Crippen molar-refractivity contribution >= 4 is 28.6 Å². The number of piperidine rings is 1. The number of nitrogens with zero attached hydrogens (tertiary/aromatic N) is 2. The predicted octanol–water partition coefficient (Wildman–Crippen LogP) is 3.35. The normalized spacial score (nSPS) is 20.6. The molecule has 2 aromatic carbocycles. The van der Waals surface area contributed by atoms with Crippen LogP contribution in [0.1, 0.15) is 59.1 Å². The molecule has 1 aromatic heterocycles. The van der Waals surface area contributed by atoms with Crippen molar-refractivity contribution < 1.29 is 14.4 Å². The first-order valence-electron chi connectivity index (χ1n) is 12.1. The van der Waals surface area contributed by atoms with Gasteiger partial charge in [-0.05, 0) is 54.9 Å². The van der Waals surface area contributed by atoms with E-state index in [0.717, 1.165) is 36.8 Å². The Morgan fingerprint density at radius 2 is 1.68 bits per heavy atom. The summed E-state index contributed by atoms with van der Waals surface area (Å²) in [4.78, 5) is 45.8. The van der Waals surface area contributed by atoms with Crippen molar-refractivity contribution in [3.63, 3.8) is 0 Å². The highest BCUT2D eigenvalue weighted by atomic mass is 16.2. The van der Waals surface area contributed by atoms with Crippen molar-refractivity contribution in [1.29, 1.82) is 0 Å². The quantitative estimate of drug-likeness (QED) is 0.618. The fraction of sp³-hybridized carbons (Fsp3) is 0.370. The second-order valence-electron chi connectivity index (χ2n) is 9.60. The van der Waals surface area contributed by atoms with Gasteiger partial charge in [-0.3, -0.25) is 14.4 Å². The summed E-state index contributed by atoms with van der Waals surface area (Å²) in [7, 11) is 0. The zero-order valence-electron chi connectivity index (χ0n) is 19.0. The first kappa shape index (κ1) is 21.0. The monoisotopic (exact) mass is 456 g/mol. The highest BCUT2D eigenvalue weighted by Crippen LogP contribution is 2.42. The number of aromatic amines is 1. The fourth-order valence-electron chi connectivity index (χ4n) is 5.58. The number of hydrogen-bond donors (Lipinski definition) is 2. The number of fused-ring (bicyclic) bond motifs is 2. The maximum Gasteiger partial charge on any atom is 0.255 e. The van der Waals surface area contributed by atoms with Gasteiger partial charge in [0.15, 0.2) is 0 Å². The van der Waals surface area contributed by atoms with Crippen molar-refractivity contribution in [2.24, 2.45) is 0 Å². The Morgan fingerprint density at radius 3 is 2.47 bits per heavy atom. The largest absolute Gasteiger partial charge is 0.361 e. The molecule has 3 amide bonds. The molecule has 2 aliphatic heterocycles. The predicted molar refractivity (Wildman–Crippen MR) is 128 cm³/mol. The zero-order chi connectivity index (χ0) is 23.2. The summed E-state index contributed by atoms with van der Waals surface area (Å²) in [6, 6.07) is 15.1. The van der Waals surface area contributed by atoms with E-state index in [4.69, 9.17) is 0 Å². The Morgan fingerprint density at radius 1 is 0.941 bits per heavy atom. The minimum absolute atomic E-state index is 0.0397. The lowest BCUT2D eigenvalue weighted by Crippen LogP contribution is -2.46. The Balaban J connectivity index is 1.07. The summed E-state index contributed by atoms with van der Waals surface area (Å²) in [5.74, 6) is 0.000333. The Bertz CT molecular complexity index is 1270. The molecular formula is C27H28N4O3. The van der Waals surface area contributed by atoms with Crippen molar-refractivity contribution in [3.8, 4) is 0 Å². The van der Waals surface area contributed by atoms with Gasteiger partial charge in [0.1, 0.15) is 6.04 Å². The molecule has 1 atom stereocenters. The molecule has 2 N–H and O–H groups in total. The molecule has 1 saturated carbocycles. The number of rotatable bonds is 5. The van der Waals surface area contributed by atoms with Crippen LogP contribution in [0, 0.1) is 0 Å². The van der Waals surface area contributed by atoms with Crippen LogP contribution in [-0.2, 0) is 9.59 Å². The summed E-state index contributed by atoms with van der Waals surface area (Å²) in [5.41, 5.74) is 3.80. The van der Waals surface area contributed by atoms with Gasteiger partial charge in [-0.2, -0.15) is 0 Å². The van der Waals surface area contributed by atoms with Crippen LogP contribution in [0.25, 0.3) is 10.9 Å². The average molecular weight is 457 g/mol. The van der Waals surface area contributed by atoms with Crippen LogP contribution in [0.5, 0.6) is 0 Å². The maximum atomic E-state index is 13.1. The number of benzene rings is 2. The van der Waals surface area contributed by atoms with E-state index in [9.17, 15) is 14.4 Å². The molecule has 7 heteroatoms. The molecule has 2 fully saturated rings. The van der Waals surface area contributed by atoms with Crippen LogP contribution in [0.15, 0.2) is 54.7 Å². The van der Waals surface area contributed by atoms with Gasteiger partial charge < -0.3 is 20.1 Å². The molecule has 7 nitrogen and oxygen atoms in total. The number of carbonyl (C=O) groups is 3. The van der Waals surface area contributed by atoms with Crippen molar-refractivity contribution in [2.75, 3.05) is 19.6 Å². The van der Waals surface area contributed by atoms with Gasteiger partial charge in [-0.1, -0.05) is 36.4 Å². The van der Waals surface area contributed by atoms with Gasteiger partial charge in [-0.15, -0.1) is 0 Å². The van der Waals surface area contributed by atoms with E-state index in [1.807, 2.05) is 29.2 Å². The lowest BCUT2D eigenvalue weighted by molar-refractivity contribution is -0.134. The van der Waals surface area contributed by atoms with E-state index in [1.165, 1.54) is 10.9 Å². The van der Waals surface area contributed by atoms with Crippen LogP contribution in [0.2, 0.25) is 0 Å². The maximum absolute atomic E-state index is 13.1. The summed E-state index contributed by atoms with van der Waals surface area (Å²) >= 11 is 0. The molecule has 1 unspecified atom stereocenters. The molecule has 1 aliphatic carbocycles. The van der Waals surface area contributed by atoms with Gasteiger partial charge in [-0.25, -0.2) is 0 Å². The summed E-state index contributed by atoms with van der Waals surface area (Å²) in [6.45, 7) is 1.32. The van der Waals surface area contributed by atoms with E-state index in [2.05, 4.69) is 34.7 Å². The molecule has 34 heavy (non-hydrogen) atoms. The SMILES string of the molecule is O=C(NCC(=O)N1CCC(c2c[nH]c3ccccc23)CC1)C1c2ccccc2C(=O)N1C1CC1. The number of H-pyrrole nitrogens is 1. The zero-order valence-corrected chi connectivity index (χ0v) is 19.0. The smallest absolute Gasteiger partial charge is 0.255 e. The minimum atomic E-state index is -0.642. The van der Waals surface area contributed by atoms with Crippen molar-refractivity contribution in [2.45, 2.75) is 43.7 Å². The summed E-state index contributed by atoms with van der Waals surface area (Å²) in [6.07, 6.45) is 5.75. The summed E-state index contributed by atoms with van der Waals surface area (Å²) in [5, 5.41) is 4.09. The van der Waals surface area contributed by atoms with Crippen LogP contribution >= 0.6 is 0 Å². The van der Waals surface area contributed by atoms with Crippen LogP contribution < -0.4 is 5.32 Å². The van der Waals surface area contributed by atoms with Crippen LogP contribution in [0.3, 0.4) is 0 Å². The minimum Gasteiger partial charge on any atom is -0.361 e. The van der Waals surface area contributed by atoms with E-state index < -0.39 is 6.04 Å². The second kappa shape index (κ2) is 8.31. The lowest BCUT2D eigenvalue weighted by Gasteiger charge is -2.32. The molecule has 0 bridgehead atoms. The van der Waals surface area contributed by atoms with E-state index in [0.29, 0.717) is 24.6 Å². The highest BCUT2D eigenvalue weighted by molar-refractivity contribution is 6.05. The number of para-hydroxylation sites is 1. The first-order valence-corrected chi connectivity index (χ1v) is 12.1. The Kier molecular flexibility index (Phi) is 5.12. The molecule has 3 aliphatic rings. The van der Waals surface area contributed by atoms with E-state index >= 15 is 0 Å². The number of aromatic nitrogens is 1. The standard InChI is InChI=1S/C27H28N4O3/c32-24(30-13-11-17(12-14-30)22-15-28-23-8-4-3-5-19(22)23)16-29-26(33)25-20-6-1-2-7-21(20)27(34)31(25)18-9-10-18/h1-8,15,17-18,25,28H,9-14,16H2,(H,29,33). The Hall–Kier alpha value is -3.61. The number of likely N-dealkylation sites (tertiary alicyclic amines) is 1. The first-order chi connectivity index (χ1) is 16.6. The molecule has 3 heterocycles. The van der Waals surface area contributed by atoms with Crippen LogP contribution in [0.4, 0.5) is 0 Å². The molecule has 3 aromatic rings. The van der Waals surface area contributed by atoms with Gasteiger partial charge in [0, 0.05) is 41.8 Å². The number of nitrogens with one attached hydrogen (secondary N) is 2. The molecule has 1 saturated heterocycles. The van der Waals surface area contributed by atoms with Gasteiger partial charge in [0.05, 0.1) is 6.54 Å². The van der Waals surface area contributed by atoms with Gasteiger partial charge >= 0.3 is 0 Å². The third kappa shape index (κ3) is 3.56. The lowest BCUT2D eigenvalue weighted by atomic mass is 9.89. The highest BCUT2D eigenvalue weighted by Gasteiger charge is 2.47. The third-order valence-corrected chi connectivity index (χ3v) is 7.51. The van der Waals surface area contributed by atoms with Gasteiger partial charge in [0.25, 0.3) is 5.91 Å². The molecular weight excluding hydrogens is 428 g/mol. The number of hydrogen-bond acceptors (Lipinski definition) is 3. The Labute approximate surface area is 198 Å². The van der Waals surface area contributed by atoms with Crippen LogP contribution in [-0.4, -0.2) is 58.2 Å². The summed E-state index contributed by atoms with van der Waals surface area (Å²) < 4.78 is 0. The van der Waals surface area contributed by atoms with Gasteiger partial charge in [0.2, 0.25) is 11.8 Å². The number of amides is 3. The fourth-order valence-corrected chi connectivity index (χ4v) is 5.58. The topological polar surface area (TPSA) is 85.5 Å². The molecule has 0 spiro atoms. The molecule has 174 valence electrons. The van der Waals surface area contributed by atoms with E-state index in [1.54, 1.807) is 11.0 Å².